The van der Waals surface area contributed by atoms with Crippen LogP contribution < -0.4 is 4.74 Å². The van der Waals surface area contributed by atoms with E-state index >= 15 is 0 Å². The molecular weight excluding hydrogens is 240 g/mol. The van der Waals surface area contributed by atoms with Gasteiger partial charge >= 0.3 is 0 Å². The highest BCUT2D eigenvalue weighted by molar-refractivity contribution is 5.94. The predicted octanol–water partition coefficient (Wildman–Crippen LogP) is 3.42. The largest absolute Gasteiger partial charge is 0.486 e. The van der Waals surface area contributed by atoms with Crippen LogP contribution >= 0.6 is 0 Å². The Labute approximate surface area is 114 Å². The normalized spacial score (nSPS) is 16.1. The van der Waals surface area contributed by atoms with Crippen LogP contribution in [0.1, 0.15) is 49.4 Å². The fourth-order valence-electron chi connectivity index (χ4n) is 2.50. The van der Waals surface area contributed by atoms with Gasteiger partial charge in [0.05, 0.1) is 0 Å². The number of carbonyl (C=O) groups excluding carboxylic acids is 2. The van der Waals surface area contributed by atoms with E-state index in [1.165, 1.54) is 13.3 Å². The lowest BCUT2D eigenvalue weighted by Gasteiger charge is -2.20. The molecule has 0 heterocycles. The zero-order valence-electron chi connectivity index (χ0n) is 11.4. The molecule has 3 heteroatoms. The average Bonchev–Trinajstić information content (AvgIpc) is 2.46. The summed E-state index contributed by atoms with van der Waals surface area (Å²) in [7, 11) is 0. The SMILES string of the molecule is CC(=O)c1cccc(OCC(=O)C2CCCCC2)c1. The average molecular weight is 260 g/mol. The minimum absolute atomic E-state index is 0.00376. The van der Waals surface area contributed by atoms with E-state index in [4.69, 9.17) is 4.74 Å². The molecule has 0 unspecified atom stereocenters. The van der Waals surface area contributed by atoms with Gasteiger partial charge in [0.15, 0.2) is 11.6 Å². The lowest BCUT2D eigenvalue weighted by atomic mass is 9.86. The second-order valence-electron chi connectivity index (χ2n) is 5.17. The van der Waals surface area contributed by atoms with E-state index in [0.29, 0.717) is 11.3 Å². The van der Waals surface area contributed by atoms with Gasteiger partial charge in [-0.1, -0.05) is 31.4 Å². The van der Waals surface area contributed by atoms with E-state index in [1.54, 1.807) is 24.3 Å². The lowest BCUT2D eigenvalue weighted by Crippen LogP contribution is -2.23. The molecule has 0 atom stereocenters. The van der Waals surface area contributed by atoms with Gasteiger partial charge in [0.2, 0.25) is 0 Å². The third-order valence-corrected chi connectivity index (χ3v) is 3.68. The van der Waals surface area contributed by atoms with Gasteiger partial charge in [0.1, 0.15) is 12.4 Å². The summed E-state index contributed by atoms with van der Waals surface area (Å²) in [5.41, 5.74) is 0.614. The number of hydrogen-bond donors (Lipinski definition) is 0. The van der Waals surface area contributed by atoms with E-state index < -0.39 is 0 Å². The van der Waals surface area contributed by atoms with Crippen LogP contribution in [0.2, 0.25) is 0 Å². The molecular formula is C16H20O3. The third kappa shape index (κ3) is 3.91. The summed E-state index contributed by atoms with van der Waals surface area (Å²) in [6, 6.07) is 6.99. The molecule has 0 aromatic heterocycles. The van der Waals surface area contributed by atoms with Crippen molar-refractivity contribution in [3.8, 4) is 5.75 Å². The lowest BCUT2D eigenvalue weighted by molar-refractivity contribution is -0.125. The van der Waals surface area contributed by atoms with Crippen molar-refractivity contribution in [2.75, 3.05) is 6.61 Å². The summed E-state index contributed by atoms with van der Waals surface area (Å²) in [5.74, 6) is 0.957. The molecule has 1 aliphatic carbocycles. The number of carbonyl (C=O) groups is 2. The van der Waals surface area contributed by atoms with Crippen LogP contribution in [0.4, 0.5) is 0 Å². The van der Waals surface area contributed by atoms with E-state index in [9.17, 15) is 9.59 Å². The van der Waals surface area contributed by atoms with Crippen molar-refractivity contribution >= 4 is 11.6 Å². The molecule has 1 fully saturated rings. The maximum absolute atomic E-state index is 12.0. The number of ether oxygens (including phenoxy) is 1. The number of hydrogen-bond acceptors (Lipinski definition) is 3. The fraction of sp³-hybridized carbons (Fsp3) is 0.500. The highest BCUT2D eigenvalue weighted by Gasteiger charge is 2.21. The van der Waals surface area contributed by atoms with Crippen molar-refractivity contribution < 1.29 is 14.3 Å². The monoisotopic (exact) mass is 260 g/mol. The van der Waals surface area contributed by atoms with E-state index in [-0.39, 0.29) is 24.1 Å². The van der Waals surface area contributed by atoms with Crippen LogP contribution in [0, 0.1) is 5.92 Å². The van der Waals surface area contributed by atoms with Crippen molar-refractivity contribution in [1.82, 2.24) is 0 Å². The molecule has 1 saturated carbocycles. The van der Waals surface area contributed by atoms with E-state index in [0.717, 1.165) is 25.7 Å². The Morgan fingerprint density at radius 3 is 2.63 bits per heavy atom. The third-order valence-electron chi connectivity index (χ3n) is 3.68. The Kier molecular flexibility index (Phi) is 4.72. The molecule has 3 nitrogen and oxygen atoms in total. The van der Waals surface area contributed by atoms with Crippen molar-refractivity contribution in [2.45, 2.75) is 39.0 Å². The van der Waals surface area contributed by atoms with Gasteiger partial charge in [-0.3, -0.25) is 9.59 Å². The Morgan fingerprint density at radius 1 is 1.21 bits per heavy atom. The summed E-state index contributed by atoms with van der Waals surface area (Å²) in [6.07, 6.45) is 5.53. The second-order valence-corrected chi connectivity index (χ2v) is 5.17. The second kappa shape index (κ2) is 6.50. The van der Waals surface area contributed by atoms with Crippen molar-refractivity contribution in [3.05, 3.63) is 29.8 Å². The highest BCUT2D eigenvalue weighted by Crippen LogP contribution is 2.24. The first-order valence-corrected chi connectivity index (χ1v) is 6.93. The standard InChI is InChI=1S/C16H20O3/c1-12(17)14-8-5-9-15(10-14)19-11-16(18)13-6-3-2-4-7-13/h5,8-10,13H,2-4,6-7,11H2,1H3. The van der Waals surface area contributed by atoms with Crippen molar-refractivity contribution in [2.24, 2.45) is 5.92 Å². The summed E-state index contributed by atoms with van der Waals surface area (Å²) < 4.78 is 5.51. The van der Waals surface area contributed by atoms with Crippen molar-refractivity contribution in [3.63, 3.8) is 0 Å². The summed E-state index contributed by atoms with van der Waals surface area (Å²) in [5, 5.41) is 0. The van der Waals surface area contributed by atoms with Gasteiger partial charge in [-0.2, -0.15) is 0 Å². The van der Waals surface area contributed by atoms with Gasteiger partial charge in [-0.15, -0.1) is 0 Å². The van der Waals surface area contributed by atoms with Gasteiger partial charge in [0, 0.05) is 11.5 Å². The molecule has 1 aromatic carbocycles. The maximum atomic E-state index is 12.0. The number of benzene rings is 1. The van der Waals surface area contributed by atoms with Gasteiger partial charge < -0.3 is 4.74 Å². The van der Waals surface area contributed by atoms with Gasteiger partial charge in [-0.25, -0.2) is 0 Å². The fourth-order valence-corrected chi connectivity index (χ4v) is 2.50. The Hall–Kier alpha value is -1.64. The van der Waals surface area contributed by atoms with Gasteiger partial charge in [-0.05, 0) is 31.9 Å². The summed E-state index contributed by atoms with van der Waals surface area (Å²) >= 11 is 0. The zero-order chi connectivity index (χ0) is 13.7. The molecule has 0 aliphatic heterocycles. The molecule has 2 rings (SSSR count). The minimum atomic E-state index is 0.00376. The van der Waals surface area contributed by atoms with Crippen LogP contribution in [0.3, 0.4) is 0 Å². The Bertz CT molecular complexity index is 459. The molecule has 0 spiro atoms. The zero-order valence-corrected chi connectivity index (χ0v) is 11.4. The minimum Gasteiger partial charge on any atom is -0.486 e. The summed E-state index contributed by atoms with van der Waals surface area (Å²) in [6.45, 7) is 1.64. The first-order chi connectivity index (χ1) is 9.16. The molecule has 1 aromatic rings. The Balaban J connectivity index is 1.89. The van der Waals surface area contributed by atoms with Crippen LogP contribution in [-0.2, 0) is 4.79 Å². The molecule has 19 heavy (non-hydrogen) atoms. The van der Waals surface area contributed by atoms with Crippen molar-refractivity contribution in [1.29, 1.82) is 0 Å². The first-order valence-electron chi connectivity index (χ1n) is 6.93. The molecule has 102 valence electrons. The van der Waals surface area contributed by atoms with Crippen LogP contribution in [0.25, 0.3) is 0 Å². The highest BCUT2D eigenvalue weighted by atomic mass is 16.5. The quantitative estimate of drug-likeness (QED) is 0.762. The van der Waals surface area contributed by atoms with Crippen LogP contribution in [-0.4, -0.2) is 18.2 Å². The molecule has 0 radical (unpaired) electrons. The van der Waals surface area contributed by atoms with Crippen LogP contribution in [0.5, 0.6) is 5.75 Å². The number of ketones is 2. The van der Waals surface area contributed by atoms with Gasteiger partial charge in [0.25, 0.3) is 0 Å². The molecule has 1 aliphatic rings. The smallest absolute Gasteiger partial charge is 0.173 e. The van der Waals surface area contributed by atoms with E-state index in [2.05, 4.69) is 0 Å². The molecule has 0 amide bonds. The predicted molar refractivity (Wildman–Crippen MR) is 73.5 cm³/mol. The Morgan fingerprint density at radius 2 is 1.95 bits per heavy atom. The molecule has 0 bridgehead atoms. The maximum Gasteiger partial charge on any atom is 0.173 e. The van der Waals surface area contributed by atoms with E-state index in [1.807, 2.05) is 0 Å². The molecule has 0 saturated heterocycles. The van der Waals surface area contributed by atoms with Crippen LogP contribution in [0.15, 0.2) is 24.3 Å². The summed E-state index contributed by atoms with van der Waals surface area (Å²) in [4.78, 5) is 23.3. The molecule has 0 N–H and O–H groups in total. The topological polar surface area (TPSA) is 43.4 Å². The first kappa shape index (κ1) is 13.8. The number of Topliss-reactive ketones (excluding diaryl/α,β-unsaturated/α-hetero) is 2. The number of rotatable bonds is 5.